The minimum Gasteiger partial charge on any atom is -0.493 e. The first-order valence-electron chi connectivity index (χ1n) is 11.5. The van der Waals surface area contributed by atoms with Gasteiger partial charge in [-0.2, -0.15) is 0 Å². The van der Waals surface area contributed by atoms with Crippen molar-refractivity contribution in [3.05, 3.63) is 88.6 Å². The molecule has 38 heavy (non-hydrogen) atoms. The van der Waals surface area contributed by atoms with Crippen molar-refractivity contribution in [3.8, 4) is 17.2 Å². The van der Waals surface area contributed by atoms with E-state index in [0.29, 0.717) is 43.4 Å². The number of aromatic nitrogens is 1. The predicted molar refractivity (Wildman–Crippen MR) is 140 cm³/mol. The minimum atomic E-state index is -0.965. The second kappa shape index (κ2) is 10.9. The summed E-state index contributed by atoms with van der Waals surface area (Å²) >= 11 is 1.13. The number of nitro groups is 1. The van der Waals surface area contributed by atoms with Gasteiger partial charge in [-0.05, 0) is 43.2 Å². The van der Waals surface area contributed by atoms with Crippen LogP contribution in [0.5, 0.6) is 17.2 Å². The van der Waals surface area contributed by atoms with Crippen LogP contribution in [0.15, 0.2) is 57.5 Å². The van der Waals surface area contributed by atoms with Gasteiger partial charge in [0.25, 0.3) is 11.2 Å². The van der Waals surface area contributed by atoms with E-state index in [1.165, 1.54) is 44.1 Å². The number of carbonyl (C=O) groups is 1. The molecule has 0 spiro atoms. The van der Waals surface area contributed by atoms with Gasteiger partial charge < -0.3 is 18.9 Å². The Morgan fingerprint density at radius 2 is 1.84 bits per heavy atom. The zero-order valence-electron chi connectivity index (χ0n) is 21.3. The Morgan fingerprint density at radius 1 is 1.16 bits per heavy atom. The highest BCUT2D eigenvalue weighted by Crippen LogP contribution is 2.38. The smallest absolute Gasteiger partial charge is 0.338 e. The molecule has 0 saturated carbocycles. The number of nitro benzene ring substituents is 1. The number of hydrogen-bond acceptors (Lipinski definition) is 10. The molecule has 11 nitrogen and oxygen atoms in total. The van der Waals surface area contributed by atoms with Crippen molar-refractivity contribution in [1.82, 2.24) is 4.57 Å². The molecule has 0 radical (unpaired) electrons. The van der Waals surface area contributed by atoms with Gasteiger partial charge in [0.2, 0.25) is 5.75 Å². The van der Waals surface area contributed by atoms with E-state index in [0.717, 1.165) is 11.3 Å². The highest BCUT2D eigenvalue weighted by atomic mass is 32.1. The Kier molecular flexibility index (Phi) is 7.62. The average Bonchev–Trinajstić information content (AvgIpc) is 3.21. The lowest BCUT2D eigenvalue weighted by molar-refractivity contribution is -0.384. The number of methoxy groups -OCH3 is 3. The van der Waals surface area contributed by atoms with Gasteiger partial charge in [-0.1, -0.05) is 23.5 Å². The Balaban J connectivity index is 1.97. The lowest BCUT2D eigenvalue weighted by Crippen LogP contribution is -2.40. The van der Waals surface area contributed by atoms with Crippen LogP contribution in [0.25, 0.3) is 6.08 Å². The van der Waals surface area contributed by atoms with Gasteiger partial charge in [0.05, 0.1) is 54.7 Å². The molecule has 2 aromatic carbocycles. The summed E-state index contributed by atoms with van der Waals surface area (Å²) in [5, 5.41) is 11.5. The number of benzene rings is 2. The summed E-state index contributed by atoms with van der Waals surface area (Å²) < 4.78 is 23.2. The first-order chi connectivity index (χ1) is 18.2. The maximum Gasteiger partial charge on any atom is 0.338 e. The van der Waals surface area contributed by atoms with Crippen molar-refractivity contribution in [2.45, 2.75) is 19.9 Å². The number of thiazole rings is 1. The molecule has 0 N–H and O–H groups in total. The van der Waals surface area contributed by atoms with Crippen LogP contribution in [0.1, 0.15) is 31.0 Å². The van der Waals surface area contributed by atoms with Crippen LogP contribution in [0.4, 0.5) is 5.69 Å². The summed E-state index contributed by atoms with van der Waals surface area (Å²) in [4.78, 5) is 42.6. The lowest BCUT2D eigenvalue weighted by Gasteiger charge is -2.24. The molecule has 0 bridgehead atoms. The first-order valence-corrected chi connectivity index (χ1v) is 12.3. The SMILES string of the molecule is CCOC(=O)C1=C(C)N=c2s/c(=C\c3cc(OC)c(OC)c(OC)c3)c(=O)n2C1c1cccc([N+](=O)[O-])c1. The highest BCUT2D eigenvalue weighted by molar-refractivity contribution is 7.07. The zero-order chi connectivity index (χ0) is 27.6. The largest absolute Gasteiger partial charge is 0.493 e. The van der Waals surface area contributed by atoms with Gasteiger partial charge in [-0.3, -0.25) is 19.5 Å². The summed E-state index contributed by atoms with van der Waals surface area (Å²) in [6.07, 6.45) is 1.65. The van der Waals surface area contributed by atoms with E-state index in [-0.39, 0.29) is 17.9 Å². The number of non-ortho nitro benzene ring substituents is 1. The quantitative estimate of drug-likeness (QED) is 0.243. The van der Waals surface area contributed by atoms with Crippen LogP contribution in [0, 0.1) is 10.1 Å². The van der Waals surface area contributed by atoms with Crippen LogP contribution >= 0.6 is 11.3 Å². The molecule has 3 aromatic rings. The maximum atomic E-state index is 13.8. The summed E-state index contributed by atoms with van der Waals surface area (Å²) in [7, 11) is 4.48. The van der Waals surface area contributed by atoms with Crippen LogP contribution < -0.4 is 29.1 Å². The van der Waals surface area contributed by atoms with Crippen LogP contribution in [-0.2, 0) is 9.53 Å². The van der Waals surface area contributed by atoms with E-state index in [1.54, 1.807) is 38.1 Å². The van der Waals surface area contributed by atoms with Crippen LogP contribution in [-0.4, -0.2) is 43.4 Å². The molecule has 12 heteroatoms. The summed E-state index contributed by atoms with van der Waals surface area (Å²) in [5.41, 5.74) is 0.905. The lowest BCUT2D eigenvalue weighted by atomic mass is 9.95. The van der Waals surface area contributed by atoms with Crippen LogP contribution in [0.3, 0.4) is 0 Å². The van der Waals surface area contributed by atoms with E-state index in [4.69, 9.17) is 18.9 Å². The van der Waals surface area contributed by atoms with E-state index in [9.17, 15) is 19.7 Å². The molecule has 1 aliphatic rings. The average molecular weight is 540 g/mol. The molecule has 1 unspecified atom stereocenters. The minimum absolute atomic E-state index is 0.114. The molecule has 0 amide bonds. The molecular weight excluding hydrogens is 514 g/mol. The van der Waals surface area contributed by atoms with Gasteiger partial charge in [-0.15, -0.1) is 0 Å². The molecule has 1 aliphatic heterocycles. The molecule has 0 saturated heterocycles. The van der Waals surface area contributed by atoms with Gasteiger partial charge in [0.1, 0.15) is 0 Å². The molecule has 0 fully saturated rings. The first kappa shape index (κ1) is 26.6. The third kappa shape index (κ3) is 4.77. The summed E-state index contributed by atoms with van der Waals surface area (Å²) in [6, 6.07) is 8.27. The monoisotopic (exact) mass is 539 g/mol. The van der Waals surface area contributed by atoms with Crippen molar-refractivity contribution in [2.75, 3.05) is 27.9 Å². The number of esters is 1. The molecule has 0 aliphatic carbocycles. The number of ether oxygens (including phenoxy) is 4. The third-order valence-electron chi connectivity index (χ3n) is 5.90. The molecule has 4 rings (SSSR count). The van der Waals surface area contributed by atoms with Gasteiger partial charge in [0, 0.05) is 12.1 Å². The van der Waals surface area contributed by atoms with Crippen molar-refractivity contribution in [3.63, 3.8) is 0 Å². The standard InChI is InChI=1S/C26H25N3O8S/c1-6-37-25(31)21-14(2)27-26-28(22(21)16-8-7-9-17(13-16)29(32)33)24(30)20(38-26)12-15-10-18(34-3)23(36-5)19(11-15)35-4/h7-13,22H,6H2,1-5H3/b20-12-. The van der Waals surface area contributed by atoms with Crippen molar-refractivity contribution in [2.24, 2.45) is 4.99 Å². The molecule has 198 valence electrons. The van der Waals surface area contributed by atoms with Crippen molar-refractivity contribution in [1.29, 1.82) is 0 Å². The normalized spacial score (nSPS) is 15.0. The number of nitrogens with zero attached hydrogens (tertiary/aromatic N) is 3. The number of carbonyl (C=O) groups excluding carboxylic acids is 1. The number of allylic oxidation sites excluding steroid dienone is 1. The predicted octanol–water partition coefficient (Wildman–Crippen LogP) is 2.73. The number of hydrogen-bond donors (Lipinski definition) is 0. The Hall–Kier alpha value is -4.45. The second-order valence-electron chi connectivity index (χ2n) is 8.11. The Morgan fingerprint density at radius 3 is 2.42 bits per heavy atom. The fourth-order valence-electron chi connectivity index (χ4n) is 4.25. The van der Waals surface area contributed by atoms with Crippen molar-refractivity contribution < 1.29 is 28.7 Å². The van der Waals surface area contributed by atoms with Crippen LogP contribution in [0.2, 0.25) is 0 Å². The van der Waals surface area contributed by atoms with Gasteiger partial charge in [0.15, 0.2) is 16.3 Å². The van der Waals surface area contributed by atoms with Gasteiger partial charge >= 0.3 is 5.97 Å². The zero-order valence-corrected chi connectivity index (χ0v) is 22.2. The molecule has 1 atom stereocenters. The van der Waals surface area contributed by atoms with E-state index in [1.807, 2.05) is 0 Å². The Bertz CT molecular complexity index is 1610. The highest BCUT2D eigenvalue weighted by Gasteiger charge is 2.34. The fraction of sp³-hybridized carbons (Fsp3) is 0.269. The third-order valence-corrected chi connectivity index (χ3v) is 6.88. The number of rotatable bonds is 8. The summed E-state index contributed by atoms with van der Waals surface area (Å²) in [6.45, 7) is 3.43. The second-order valence-corrected chi connectivity index (χ2v) is 9.12. The van der Waals surface area contributed by atoms with E-state index in [2.05, 4.69) is 4.99 Å². The number of fused-ring (bicyclic) bond motifs is 1. The van der Waals surface area contributed by atoms with E-state index >= 15 is 0 Å². The van der Waals surface area contributed by atoms with Crippen molar-refractivity contribution >= 4 is 29.1 Å². The fourth-order valence-corrected chi connectivity index (χ4v) is 5.30. The van der Waals surface area contributed by atoms with E-state index < -0.39 is 22.5 Å². The van der Waals surface area contributed by atoms with Gasteiger partial charge in [-0.25, -0.2) is 9.79 Å². The Labute approximate surface area is 221 Å². The topological polar surface area (TPSA) is 131 Å². The maximum absolute atomic E-state index is 13.8. The molecule has 2 heterocycles. The summed E-state index contributed by atoms with van der Waals surface area (Å²) in [5.74, 6) is 0.597. The molecular formula is C26H25N3O8S. The molecule has 1 aromatic heterocycles.